The lowest BCUT2D eigenvalue weighted by Crippen LogP contribution is -2.29. The SMILES string of the molecule is Cc1ccc(SCCC(=O)N[C@H](CC(C)C)c2ccccc2)cc1. The smallest absolute Gasteiger partial charge is 0.221 e. The molecule has 0 saturated heterocycles. The van der Waals surface area contributed by atoms with E-state index in [1.54, 1.807) is 11.8 Å². The summed E-state index contributed by atoms with van der Waals surface area (Å²) in [6.45, 7) is 6.46. The number of amides is 1. The Hall–Kier alpha value is -1.74. The molecule has 3 heteroatoms. The van der Waals surface area contributed by atoms with Crippen molar-refractivity contribution in [2.45, 2.75) is 44.6 Å². The standard InChI is InChI=1S/C21H27NOS/c1-16(2)15-20(18-7-5-4-6-8-18)22-21(23)13-14-24-19-11-9-17(3)10-12-19/h4-12,16,20H,13-15H2,1-3H3,(H,22,23)/t20-/m1/s1. The van der Waals surface area contributed by atoms with E-state index in [1.165, 1.54) is 16.0 Å². The van der Waals surface area contributed by atoms with Crippen LogP contribution in [0.5, 0.6) is 0 Å². The minimum atomic E-state index is 0.100. The van der Waals surface area contributed by atoms with Crippen LogP contribution in [-0.2, 0) is 4.79 Å². The van der Waals surface area contributed by atoms with Gasteiger partial charge in [0.2, 0.25) is 5.91 Å². The fourth-order valence-electron chi connectivity index (χ4n) is 2.60. The van der Waals surface area contributed by atoms with Gasteiger partial charge in [-0.2, -0.15) is 0 Å². The van der Waals surface area contributed by atoms with E-state index in [-0.39, 0.29) is 11.9 Å². The number of carbonyl (C=O) groups excluding carboxylic acids is 1. The van der Waals surface area contributed by atoms with E-state index in [0.29, 0.717) is 12.3 Å². The molecule has 0 unspecified atom stereocenters. The van der Waals surface area contributed by atoms with E-state index in [1.807, 2.05) is 18.2 Å². The lowest BCUT2D eigenvalue weighted by molar-refractivity contribution is -0.121. The van der Waals surface area contributed by atoms with Crippen molar-refractivity contribution in [3.63, 3.8) is 0 Å². The van der Waals surface area contributed by atoms with E-state index < -0.39 is 0 Å². The molecule has 0 bridgehead atoms. The fraction of sp³-hybridized carbons (Fsp3) is 0.381. The molecule has 2 aromatic rings. The van der Waals surface area contributed by atoms with Gasteiger partial charge in [0.25, 0.3) is 0 Å². The largest absolute Gasteiger partial charge is 0.349 e. The average Bonchev–Trinajstić information content (AvgIpc) is 2.56. The van der Waals surface area contributed by atoms with Crippen molar-refractivity contribution < 1.29 is 4.79 Å². The summed E-state index contributed by atoms with van der Waals surface area (Å²) in [7, 11) is 0. The quantitative estimate of drug-likeness (QED) is 0.653. The molecule has 0 aliphatic heterocycles. The topological polar surface area (TPSA) is 29.1 Å². The van der Waals surface area contributed by atoms with Crippen LogP contribution in [-0.4, -0.2) is 11.7 Å². The van der Waals surface area contributed by atoms with E-state index in [0.717, 1.165) is 12.2 Å². The molecule has 2 rings (SSSR count). The molecule has 24 heavy (non-hydrogen) atoms. The summed E-state index contributed by atoms with van der Waals surface area (Å²) in [5, 5.41) is 3.21. The van der Waals surface area contributed by atoms with Crippen LogP contribution < -0.4 is 5.32 Å². The van der Waals surface area contributed by atoms with Crippen molar-refractivity contribution in [1.29, 1.82) is 0 Å². The van der Waals surface area contributed by atoms with Gasteiger partial charge in [-0.25, -0.2) is 0 Å². The van der Waals surface area contributed by atoms with Crippen LogP contribution in [0.1, 0.15) is 43.9 Å². The summed E-state index contributed by atoms with van der Waals surface area (Å²) in [5.74, 6) is 1.47. The molecule has 0 saturated carbocycles. The zero-order chi connectivity index (χ0) is 17.4. The molecule has 0 aromatic heterocycles. The average molecular weight is 342 g/mol. The van der Waals surface area contributed by atoms with Gasteiger partial charge in [0.1, 0.15) is 0 Å². The molecular weight excluding hydrogens is 314 g/mol. The summed E-state index contributed by atoms with van der Waals surface area (Å²) in [6.07, 6.45) is 1.50. The van der Waals surface area contributed by atoms with Crippen LogP contribution in [0.4, 0.5) is 0 Å². The van der Waals surface area contributed by atoms with Crippen molar-refractivity contribution in [2.24, 2.45) is 5.92 Å². The fourth-order valence-corrected chi connectivity index (χ4v) is 3.45. The minimum Gasteiger partial charge on any atom is -0.349 e. The maximum Gasteiger partial charge on any atom is 0.221 e. The summed E-state index contributed by atoms with van der Waals surface area (Å²) in [6, 6.07) is 18.8. The van der Waals surface area contributed by atoms with E-state index in [9.17, 15) is 4.79 Å². The molecule has 1 N–H and O–H groups in total. The van der Waals surface area contributed by atoms with Crippen molar-refractivity contribution in [1.82, 2.24) is 5.32 Å². The minimum absolute atomic E-state index is 0.100. The van der Waals surface area contributed by atoms with E-state index in [2.05, 4.69) is 62.5 Å². The number of thioether (sulfide) groups is 1. The molecule has 1 amide bonds. The zero-order valence-corrected chi connectivity index (χ0v) is 15.6. The molecule has 2 nitrogen and oxygen atoms in total. The predicted octanol–water partition coefficient (Wildman–Crippen LogP) is 5.38. The van der Waals surface area contributed by atoms with Gasteiger partial charge in [0.15, 0.2) is 0 Å². The molecule has 2 aromatic carbocycles. The second-order valence-corrected chi connectivity index (χ2v) is 7.74. The molecule has 0 aliphatic carbocycles. The molecule has 0 radical (unpaired) electrons. The molecule has 0 spiro atoms. The monoisotopic (exact) mass is 341 g/mol. The number of hydrogen-bond acceptors (Lipinski definition) is 2. The van der Waals surface area contributed by atoms with Crippen molar-refractivity contribution in [2.75, 3.05) is 5.75 Å². The maximum absolute atomic E-state index is 12.3. The van der Waals surface area contributed by atoms with Gasteiger partial charge in [0, 0.05) is 17.1 Å². The number of benzene rings is 2. The first kappa shape index (κ1) is 18.6. The van der Waals surface area contributed by atoms with Crippen molar-refractivity contribution >= 4 is 17.7 Å². The number of aryl methyl sites for hydroxylation is 1. The Morgan fingerprint density at radius 2 is 1.71 bits per heavy atom. The molecule has 0 fully saturated rings. The van der Waals surface area contributed by atoms with Gasteiger partial charge in [0.05, 0.1) is 6.04 Å². The van der Waals surface area contributed by atoms with E-state index >= 15 is 0 Å². The van der Waals surface area contributed by atoms with Gasteiger partial charge in [-0.1, -0.05) is 61.9 Å². The predicted molar refractivity (Wildman–Crippen MR) is 103 cm³/mol. The third-order valence-electron chi connectivity index (χ3n) is 3.86. The highest BCUT2D eigenvalue weighted by atomic mass is 32.2. The molecule has 1 atom stereocenters. The normalized spacial score (nSPS) is 12.2. The maximum atomic E-state index is 12.3. The first-order valence-electron chi connectivity index (χ1n) is 8.58. The van der Waals surface area contributed by atoms with Crippen molar-refractivity contribution in [3.8, 4) is 0 Å². The van der Waals surface area contributed by atoms with Gasteiger partial charge < -0.3 is 5.32 Å². The zero-order valence-electron chi connectivity index (χ0n) is 14.8. The van der Waals surface area contributed by atoms with Crippen LogP contribution in [0, 0.1) is 12.8 Å². The first-order chi connectivity index (χ1) is 11.5. The Balaban J connectivity index is 1.85. The van der Waals surface area contributed by atoms with Crippen LogP contribution in [0.2, 0.25) is 0 Å². The number of hydrogen-bond donors (Lipinski definition) is 1. The third kappa shape index (κ3) is 6.40. The Morgan fingerprint density at radius 3 is 2.33 bits per heavy atom. The van der Waals surface area contributed by atoms with Gasteiger partial charge in [-0.3, -0.25) is 4.79 Å². The van der Waals surface area contributed by atoms with Gasteiger partial charge in [-0.15, -0.1) is 11.8 Å². The summed E-state index contributed by atoms with van der Waals surface area (Å²) >= 11 is 1.73. The highest BCUT2D eigenvalue weighted by Gasteiger charge is 2.15. The number of carbonyl (C=O) groups is 1. The van der Waals surface area contributed by atoms with Gasteiger partial charge >= 0.3 is 0 Å². The van der Waals surface area contributed by atoms with Gasteiger partial charge in [-0.05, 0) is 37.0 Å². The van der Waals surface area contributed by atoms with E-state index in [4.69, 9.17) is 0 Å². The number of nitrogens with one attached hydrogen (secondary N) is 1. The molecule has 128 valence electrons. The highest BCUT2D eigenvalue weighted by Crippen LogP contribution is 2.22. The lowest BCUT2D eigenvalue weighted by Gasteiger charge is -2.21. The lowest BCUT2D eigenvalue weighted by atomic mass is 9.97. The summed E-state index contributed by atoms with van der Waals surface area (Å²) in [4.78, 5) is 13.5. The van der Waals surface area contributed by atoms with Crippen LogP contribution in [0.25, 0.3) is 0 Å². The van der Waals surface area contributed by atoms with Crippen LogP contribution >= 0.6 is 11.8 Å². The molecule has 0 heterocycles. The van der Waals surface area contributed by atoms with Crippen molar-refractivity contribution in [3.05, 3.63) is 65.7 Å². The molecule has 0 aliphatic rings. The highest BCUT2D eigenvalue weighted by molar-refractivity contribution is 7.99. The van der Waals surface area contributed by atoms with Crippen LogP contribution in [0.3, 0.4) is 0 Å². The number of rotatable bonds is 8. The third-order valence-corrected chi connectivity index (χ3v) is 4.88. The Kier molecular flexibility index (Phi) is 7.38. The second kappa shape index (κ2) is 9.53. The Morgan fingerprint density at radius 1 is 1.04 bits per heavy atom. The second-order valence-electron chi connectivity index (χ2n) is 6.57. The summed E-state index contributed by atoms with van der Waals surface area (Å²) < 4.78 is 0. The Bertz CT molecular complexity index is 622. The first-order valence-corrected chi connectivity index (χ1v) is 9.57. The molecular formula is C21H27NOS. The van der Waals surface area contributed by atoms with Crippen LogP contribution in [0.15, 0.2) is 59.5 Å². The Labute approximate surface area is 150 Å². The summed E-state index contributed by atoms with van der Waals surface area (Å²) in [5.41, 5.74) is 2.45.